The van der Waals surface area contributed by atoms with Crippen LogP contribution < -0.4 is 5.73 Å². The van der Waals surface area contributed by atoms with E-state index in [1.54, 1.807) is 12.4 Å². The molecule has 0 radical (unpaired) electrons. The number of hydrogen-bond acceptors (Lipinski definition) is 2. The van der Waals surface area contributed by atoms with Crippen molar-refractivity contribution in [2.75, 3.05) is 0 Å². The second-order valence-electron chi connectivity index (χ2n) is 4.26. The van der Waals surface area contributed by atoms with Crippen LogP contribution in [-0.4, -0.2) is 11.0 Å². The van der Waals surface area contributed by atoms with Gasteiger partial charge in [-0.25, -0.2) is 0 Å². The molecule has 0 aliphatic rings. The third-order valence-corrected chi connectivity index (χ3v) is 3.62. The standard InChI is InChI=1S/C14H14BrClN2/c15-12-3-1-10(2-4-12)7-13(17)8-11-5-6-18-9-14(11)16/h1-6,9,13H,7-8,17H2. The molecule has 1 aromatic carbocycles. The first-order valence-corrected chi connectivity index (χ1v) is 6.90. The summed E-state index contributed by atoms with van der Waals surface area (Å²) in [6.45, 7) is 0. The van der Waals surface area contributed by atoms with Gasteiger partial charge in [-0.2, -0.15) is 0 Å². The van der Waals surface area contributed by atoms with E-state index < -0.39 is 0 Å². The number of benzene rings is 1. The van der Waals surface area contributed by atoms with E-state index in [1.807, 2.05) is 18.2 Å². The van der Waals surface area contributed by atoms with E-state index in [4.69, 9.17) is 17.3 Å². The maximum atomic E-state index is 6.15. The first-order chi connectivity index (χ1) is 8.65. The number of rotatable bonds is 4. The van der Waals surface area contributed by atoms with Crippen molar-refractivity contribution in [1.29, 1.82) is 0 Å². The van der Waals surface area contributed by atoms with E-state index in [0.29, 0.717) is 5.02 Å². The Balaban J connectivity index is 1.99. The molecule has 1 aromatic heterocycles. The average molecular weight is 326 g/mol. The van der Waals surface area contributed by atoms with E-state index in [1.165, 1.54) is 5.56 Å². The van der Waals surface area contributed by atoms with E-state index in [2.05, 4.69) is 33.0 Å². The maximum absolute atomic E-state index is 6.15. The minimum Gasteiger partial charge on any atom is -0.327 e. The Bertz CT molecular complexity index is 513. The number of nitrogens with zero attached hydrogens (tertiary/aromatic N) is 1. The second-order valence-corrected chi connectivity index (χ2v) is 5.58. The molecule has 94 valence electrons. The van der Waals surface area contributed by atoms with Gasteiger partial charge in [-0.1, -0.05) is 39.7 Å². The van der Waals surface area contributed by atoms with E-state index in [9.17, 15) is 0 Å². The van der Waals surface area contributed by atoms with Crippen molar-refractivity contribution < 1.29 is 0 Å². The first-order valence-electron chi connectivity index (χ1n) is 5.73. The highest BCUT2D eigenvalue weighted by Gasteiger charge is 2.08. The third kappa shape index (κ3) is 3.80. The normalized spacial score (nSPS) is 12.4. The molecule has 0 fully saturated rings. The summed E-state index contributed by atoms with van der Waals surface area (Å²) in [6, 6.07) is 10.2. The van der Waals surface area contributed by atoms with Crippen molar-refractivity contribution in [3.8, 4) is 0 Å². The van der Waals surface area contributed by atoms with Gasteiger partial charge in [0, 0.05) is 22.9 Å². The highest BCUT2D eigenvalue weighted by atomic mass is 79.9. The summed E-state index contributed by atoms with van der Waals surface area (Å²) in [5.74, 6) is 0. The Kier molecular flexibility index (Phi) is 4.75. The monoisotopic (exact) mass is 324 g/mol. The average Bonchev–Trinajstić information content (AvgIpc) is 2.35. The number of pyridine rings is 1. The predicted molar refractivity (Wildman–Crippen MR) is 78.8 cm³/mol. The second kappa shape index (κ2) is 6.32. The van der Waals surface area contributed by atoms with Crippen molar-refractivity contribution in [1.82, 2.24) is 4.98 Å². The lowest BCUT2D eigenvalue weighted by Crippen LogP contribution is -2.25. The quantitative estimate of drug-likeness (QED) is 0.932. The summed E-state index contributed by atoms with van der Waals surface area (Å²) in [7, 11) is 0. The van der Waals surface area contributed by atoms with Crippen LogP contribution in [0.4, 0.5) is 0 Å². The number of aromatic nitrogens is 1. The van der Waals surface area contributed by atoms with Gasteiger partial charge in [-0.15, -0.1) is 0 Å². The molecular weight excluding hydrogens is 312 g/mol. The van der Waals surface area contributed by atoms with Crippen molar-refractivity contribution in [3.05, 3.63) is 63.3 Å². The van der Waals surface area contributed by atoms with Crippen molar-refractivity contribution in [3.63, 3.8) is 0 Å². The van der Waals surface area contributed by atoms with Crippen LogP contribution in [-0.2, 0) is 12.8 Å². The first kappa shape index (κ1) is 13.5. The van der Waals surface area contributed by atoms with E-state index in [0.717, 1.165) is 22.9 Å². The van der Waals surface area contributed by atoms with Gasteiger partial charge >= 0.3 is 0 Å². The van der Waals surface area contributed by atoms with Crippen molar-refractivity contribution in [2.45, 2.75) is 18.9 Å². The summed E-state index contributed by atoms with van der Waals surface area (Å²) >= 11 is 9.49. The molecule has 4 heteroatoms. The molecule has 2 rings (SSSR count). The SMILES string of the molecule is NC(Cc1ccc(Br)cc1)Cc1ccncc1Cl. The number of nitrogens with two attached hydrogens (primary N) is 1. The molecule has 0 amide bonds. The summed E-state index contributed by atoms with van der Waals surface area (Å²) < 4.78 is 1.08. The predicted octanol–water partition coefficient (Wildman–Crippen LogP) is 3.61. The lowest BCUT2D eigenvalue weighted by Gasteiger charge is -2.12. The molecule has 1 unspecified atom stereocenters. The third-order valence-electron chi connectivity index (χ3n) is 2.75. The highest BCUT2D eigenvalue weighted by Crippen LogP contribution is 2.17. The molecule has 18 heavy (non-hydrogen) atoms. The molecule has 2 aromatic rings. The van der Waals surface area contributed by atoms with Crippen LogP contribution >= 0.6 is 27.5 Å². The Labute approximate surface area is 120 Å². The van der Waals surface area contributed by atoms with Crippen LogP contribution in [0.3, 0.4) is 0 Å². The minimum atomic E-state index is 0.0612. The molecule has 0 aliphatic heterocycles. The largest absolute Gasteiger partial charge is 0.327 e. The fraction of sp³-hybridized carbons (Fsp3) is 0.214. The van der Waals surface area contributed by atoms with Crippen molar-refractivity contribution in [2.24, 2.45) is 5.73 Å². The van der Waals surface area contributed by atoms with Gasteiger partial charge in [0.15, 0.2) is 0 Å². The number of hydrogen-bond donors (Lipinski definition) is 1. The van der Waals surface area contributed by atoms with Gasteiger partial charge in [0.1, 0.15) is 0 Å². The molecule has 1 heterocycles. The molecule has 0 aliphatic carbocycles. The van der Waals surface area contributed by atoms with Crippen LogP contribution in [0.5, 0.6) is 0 Å². The van der Waals surface area contributed by atoms with Gasteiger partial charge in [-0.3, -0.25) is 4.98 Å². The summed E-state index contributed by atoms with van der Waals surface area (Å²) in [6.07, 6.45) is 5.00. The van der Waals surface area contributed by atoms with Crippen LogP contribution in [0.2, 0.25) is 5.02 Å². The van der Waals surface area contributed by atoms with Gasteiger partial charge in [0.2, 0.25) is 0 Å². The van der Waals surface area contributed by atoms with Crippen LogP contribution in [0.25, 0.3) is 0 Å². The maximum Gasteiger partial charge on any atom is 0.0621 e. The zero-order chi connectivity index (χ0) is 13.0. The summed E-state index contributed by atoms with van der Waals surface area (Å²) in [5, 5.41) is 0.684. The molecule has 0 spiro atoms. The molecule has 2 nitrogen and oxygen atoms in total. The zero-order valence-electron chi connectivity index (χ0n) is 9.81. The van der Waals surface area contributed by atoms with E-state index in [-0.39, 0.29) is 6.04 Å². The molecule has 0 bridgehead atoms. The van der Waals surface area contributed by atoms with Gasteiger partial charge in [0.05, 0.1) is 5.02 Å². The zero-order valence-corrected chi connectivity index (χ0v) is 12.2. The topological polar surface area (TPSA) is 38.9 Å². The van der Waals surface area contributed by atoms with E-state index >= 15 is 0 Å². The lowest BCUT2D eigenvalue weighted by molar-refractivity contribution is 0.664. The summed E-state index contributed by atoms with van der Waals surface area (Å²) in [5.41, 5.74) is 8.44. The molecular formula is C14H14BrClN2. The molecule has 0 saturated carbocycles. The van der Waals surface area contributed by atoms with Gasteiger partial charge in [0.25, 0.3) is 0 Å². The van der Waals surface area contributed by atoms with Gasteiger partial charge < -0.3 is 5.73 Å². The Morgan fingerprint density at radius 1 is 1.17 bits per heavy atom. The van der Waals surface area contributed by atoms with Gasteiger partial charge in [-0.05, 0) is 42.2 Å². The molecule has 0 saturated heterocycles. The van der Waals surface area contributed by atoms with Crippen molar-refractivity contribution >= 4 is 27.5 Å². The molecule has 1 atom stereocenters. The smallest absolute Gasteiger partial charge is 0.0621 e. The lowest BCUT2D eigenvalue weighted by atomic mass is 10.0. The Morgan fingerprint density at radius 3 is 2.56 bits per heavy atom. The Morgan fingerprint density at radius 2 is 1.89 bits per heavy atom. The van der Waals surface area contributed by atoms with Crippen LogP contribution in [0.15, 0.2) is 47.2 Å². The summed E-state index contributed by atoms with van der Waals surface area (Å²) in [4.78, 5) is 3.97. The minimum absolute atomic E-state index is 0.0612. The number of halogens is 2. The fourth-order valence-electron chi connectivity index (χ4n) is 1.85. The van der Waals surface area contributed by atoms with Crippen LogP contribution in [0, 0.1) is 0 Å². The molecule has 2 N–H and O–H groups in total. The highest BCUT2D eigenvalue weighted by molar-refractivity contribution is 9.10. The fourth-order valence-corrected chi connectivity index (χ4v) is 2.31. The van der Waals surface area contributed by atoms with Crippen LogP contribution in [0.1, 0.15) is 11.1 Å². The Hall–Kier alpha value is -0.900.